The zero-order chi connectivity index (χ0) is 14.1. The summed E-state index contributed by atoms with van der Waals surface area (Å²) < 4.78 is 1.60. The average Bonchev–Trinajstić information content (AvgIpc) is 2.91. The van der Waals surface area contributed by atoms with Crippen LogP contribution in [0.2, 0.25) is 10.0 Å². The zero-order valence-corrected chi connectivity index (χ0v) is 12.0. The van der Waals surface area contributed by atoms with Gasteiger partial charge >= 0.3 is 0 Å². The van der Waals surface area contributed by atoms with Crippen LogP contribution >= 0.6 is 23.2 Å². The van der Waals surface area contributed by atoms with Gasteiger partial charge in [0.15, 0.2) is 5.82 Å². The Balaban J connectivity index is 2.21. The van der Waals surface area contributed by atoms with E-state index in [9.17, 15) is 0 Å². The van der Waals surface area contributed by atoms with Crippen LogP contribution in [0.25, 0.3) is 17.1 Å². The first-order valence-corrected chi connectivity index (χ1v) is 6.59. The van der Waals surface area contributed by atoms with Gasteiger partial charge in [-0.2, -0.15) is 4.68 Å². The van der Waals surface area contributed by atoms with E-state index in [0.29, 0.717) is 21.4 Å². The number of tetrazole rings is 1. The van der Waals surface area contributed by atoms with Crippen LogP contribution in [0, 0.1) is 6.92 Å². The van der Waals surface area contributed by atoms with Crippen LogP contribution in [-0.2, 0) is 0 Å². The number of halogens is 2. The van der Waals surface area contributed by atoms with Crippen molar-refractivity contribution in [3.63, 3.8) is 0 Å². The van der Waals surface area contributed by atoms with Crippen molar-refractivity contribution in [1.82, 2.24) is 25.2 Å². The normalized spacial score (nSPS) is 10.8. The Kier molecular flexibility index (Phi) is 3.38. The molecule has 2 aromatic heterocycles. The van der Waals surface area contributed by atoms with Crippen molar-refractivity contribution in [3.8, 4) is 17.1 Å². The lowest BCUT2D eigenvalue weighted by Crippen LogP contribution is -2.03. The molecule has 0 aliphatic carbocycles. The number of aryl methyl sites for hydroxylation is 1. The van der Waals surface area contributed by atoms with Crippen molar-refractivity contribution in [2.75, 3.05) is 0 Å². The minimum atomic E-state index is 0.423. The zero-order valence-electron chi connectivity index (χ0n) is 10.5. The summed E-state index contributed by atoms with van der Waals surface area (Å²) in [4.78, 5) is 4.23. The van der Waals surface area contributed by atoms with E-state index >= 15 is 0 Å². The molecular formula is C13H9Cl2N5. The summed E-state index contributed by atoms with van der Waals surface area (Å²) >= 11 is 12.3. The summed E-state index contributed by atoms with van der Waals surface area (Å²) in [5, 5.41) is 12.6. The smallest absolute Gasteiger partial charge is 0.188 e. The molecule has 0 radical (unpaired) electrons. The molecule has 0 saturated carbocycles. The maximum atomic E-state index is 6.23. The number of benzene rings is 1. The van der Waals surface area contributed by atoms with Gasteiger partial charge in [0.25, 0.3) is 0 Å². The molecule has 0 saturated heterocycles. The molecule has 0 aliphatic heterocycles. The first kappa shape index (κ1) is 13.0. The highest BCUT2D eigenvalue weighted by atomic mass is 35.5. The minimum absolute atomic E-state index is 0.423. The van der Waals surface area contributed by atoms with E-state index < -0.39 is 0 Å². The van der Waals surface area contributed by atoms with E-state index in [4.69, 9.17) is 23.2 Å². The average molecular weight is 306 g/mol. The molecule has 3 aromatic rings. The summed E-state index contributed by atoms with van der Waals surface area (Å²) in [6, 6.07) is 9.06. The molecule has 3 rings (SSSR count). The first-order valence-electron chi connectivity index (χ1n) is 5.83. The maximum Gasteiger partial charge on any atom is 0.188 e. The molecule has 5 nitrogen and oxygen atoms in total. The van der Waals surface area contributed by atoms with Crippen molar-refractivity contribution in [1.29, 1.82) is 0 Å². The number of nitrogens with zero attached hydrogens (tertiary/aromatic N) is 5. The molecule has 0 bridgehead atoms. The van der Waals surface area contributed by atoms with E-state index in [0.717, 1.165) is 11.4 Å². The van der Waals surface area contributed by atoms with Crippen molar-refractivity contribution in [2.45, 2.75) is 6.92 Å². The van der Waals surface area contributed by atoms with Crippen LogP contribution in [-0.4, -0.2) is 25.2 Å². The predicted molar refractivity (Wildman–Crippen MR) is 77.1 cm³/mol. The molecule has 0 amide bonds. The molecule has 0 spiro atoms. The van der Waals surface area contributed by atoms with Gasteiger partial charge in [-0.15, -0.1) is 5.10 Å². The first-order chi connectivity index (χ1) is 9.68. The lowest BCUT2D eigenvalue weighted by Gasteiger charge is -2.08. The van der Waals surface area contributed by atoms with E-state index in [2.05, 4.69) is 20.5 Å². The van der Waals surface area contributed by atoms with Gasteiger partial charge in [-0.1, -0.05) is 29.3 Å². The van der Waals surface area contributed by atoms with Gasteiger partial charge in [0.1, 0.15) is 0 Å². The van der Waals surface area contributed by atoms with Crippen LogP contribution in [0.15, 0.2) is 36.5 Å². The van der Waals surface area contributed by atoms with E-state index in [-0.39, 0.29) is 0 Å². The third-order valence-electron chi connectivity index (χ3n) is 2.87. The van der Waals surface area contributed by atoms with Crippen molar-refractivity contribution < 1.29 is 0 Å². The van der Waals surface area contributed by atoms with Gasteiger partial charge in [-0.3, -0.25) is 4.98 Å². The predicted octanol–water partition coefficient (Wildman–Crippen LogP) is 3.34. The lowest BCUT2D eigenvalue weighted by atomic mass is 10.2. The quantitative estimate of drug-likeness (QED) is 0.728. The molecule has 2 heterocycles. The van der Waals surface area contributed by atoms with Crippen molar-refractivity contribution in [2.24, 2.45) is 0 Å². The second-order valence-corrected chi connectivity index (χ2v) is 4.91. The van der Waals surface area contributed by atoms with Crippen LogP contribution < -0.4 is 0 Å². The Labute approximate surface area is 125 Å². The van der Waals surface area contributed by atoms with Gasteiger partial charge in [0, 0.05) is 11.8 Å². The molecular weight excluding hydrogens is 297 g/mol. The summed E-state index contributed by atoms with van der Waals surface area (Å²) in [7, 11) is 0. The van der Waals surface area contributed by atoms with Gasteiger partial charge < -0.3 is 0 Å². The van der Waals surface area contributed by atoms with Crippen LogP contribution in [0.1, 0.15) is 5.69 Å². The Morgan fingerprint density at radius 3 is 2.75 bits per heavy atom. The number of hydrogen-bond acceptors (Lipinski definition) is 4. The topological polar surface area (TPSA) is 56.5 Å². The molecule has 100 valence electrons. The molecule has 0 fully saturated rings. The fourth-order valence-electron chi connectivity index (χ4n) is 1.89. The fraction of sp³-hybridized carbons (Fsp3) is 0.0769. The van der Waals surface area contributed by atoms with E-state index in [1.807, 2.05) is 25.1 Å². The van der Waals surface area contributed by atoms with Gasteiger partial charge in [-0.05, 0) is 41.6 Å². The highest BCUT2D eigenvalue weighted by molar-refractivity contribution is 6.43. The Morgan fingerprint density at radius 1 is 1.10 bits per heavy atom. The summed E-state index contributed by atoms with van der Waals surface area (Å²) in [6.07, 6.45) is 1.72. The second kappa shape index (κ2) is 5.19. The highest BCUT2D eigenvalue weighted by Gasteiger charge is 2.16. The Bertz CT molecular complexity index is 769. The SMILES string of the molecule is Cc1ncccc1-n1nnnc1-c1cccc(Cl)c1Cl. The van der Waals surface area contributed by atoms with Gasteiger partial charge in [0.05, 0.1) is 21.4 Å². The van der Waals surface area contributed by atoms with Crippen molar-refractivity contribution in [3.05, 3.63) is 52.3 Å². The third kappa shape index (κ3) is 2.15. The minimum Gasteiger partial charge on any atom is -0.259 e. The van der Waals surface area contributed by atoms with Gasteiger partial charge in [-0.25, -0.2) is 0 Å². The van der Waals surface area contributed by atoms with Crippen molar-refractivity contribution >= 4 is 23.2 Å². The Hall–Kier alpha value is -1.98. The molecule has 0 aliphatic rings. The summed E-state index contributed by atoms with van der Waals surface area (Å²) in [5.74, 6) is 0.522. The number of aromatic nitrogens is 5. The van der Waals surface area contributed by atoms with Crippen LogP contribution in [0.3, 0.4) is 0 Å². The molecule has 0 N–H and O–H groups in total. The number of hydrogen-bond donors (Lipinski definition) is 0. The Morgan fingerprint density at radius 2 is 1.95 bits per heavy atom. The second-order valence-electron chi connectivity index (χ2n) is 4.12. The maximum absolute atomic E-state index is 6.23. The van der Waals surface area contributed by atoms with E-state index in [1.165, 1.54) is 0 Å². The summed E-state index contributed by atoms with van der Waals surface area (Å²) in [5.41, 5.74) is 2.29. The molecule has 0 atom stereocenters. The van der Waals surface area contributed by atoms with Crippen LogP contribution in [0.5, 0.6) is 0 Å². The highest BCUT2D eigenvalue weighted by Crippen LogP contribution is 2.32. The summed E-state index contributed by atoms with van der Waals surface area (Å²) in [6.45, 7) is 1.89. The van der Waals surface area contributed by atoms with E-state index in [1.54, 1.807) is 23.0 Å². The third-order valence-corrected chi connectivity index (χ3v) is 3.69. The molecule has 20 heavy (non-hydrogen) atoms. The van der Waals surface area contributed by atoms with Crippen LogP contribution in [0.4, 0.5) is 0 Å². The molecule has 1 aromatic carbocycles. The molecule has 0 unspecified atom stereocenters. The number of pyridine rings is 1. The van der Waals surface area contributed by atoms with Gasteiger partial charge in [0.2, 0.25) is 0 Å². The fourth-order valence-corrected chi connectivity index (χ4v) is 2.28. The molecule has 7 heteroatoms. The number of rotatable bonds is 2. The lowest BCUT2D eigenvalue weighted by molar-refractivity contribution is 0.783. The standard InChI is InChI=1S/C13H9Cl2N5/c1-8-11(6-3-7-16-8)20-13(17-18-19-20)9-4-2-5-10(14)12(9)15/h2-7H,1H3. The monoisotopic (exact) mass is 305 g/mol. The largest absolute Gasteiger partial charge is 0.259 e.